The summed E-state index contributed by atoms with van der Waals surface area (Å²) < 4.78 is 0. The fraction of sp³-hybridized carbons (Fsp3) is 0.222. The molecule has 2 aromatic carbocycles. The second kappa shape index (κ2) is 9.78. The highest BCUT2D eigenvalue weighted by Crippen LogP contribution is 2.24. The van der Waals surface area contributed by atoms with Gasteiger partial charge in [0.25, 0.3) is 11.8 Å². The number of quaternary nitrogens is 1. The number of benzene rings is 2. The third-order valence-electron chi connectivity index (χ3n) is 3.51. The van der Waals surface area contributed by atoms with E-state index in [0.717, 1.165) is 10.5 Å². The summed E-state index contributed by atoms with van der Waals surface area (Å²) in [7, 11) is 1.77. The third-order valence-corrected chi connectivity index (χ3v) is 4.48. The lowest BCUT2D eigenvalue weighted by Gasteiger charge is -2.14. The van der Waals surface area contributed by atoms with Crippen LogP contribution in [0.1, 0.15) is 5.56 Å². The first kappa shape index (κ1) is 20.5. The van der Waals surface area contributed by atoms with Gasteiger partial charge in [0.2, 0.25) is 0 Å². The molecule has 0 saturated carbocycles. The fourth-order valence-corrected chi connectivity index (χ4v) is 2.81. The molecule has 2 rings (SSSR count). The summed E-state index contributed by atoms with van der Waals surface area (Å²) in [4.78, 5) is 24.8. The van der Waals surface area contributed by atoms with Crippen LogP contribution in [0, 0.1) is 0 Å². The minimum Gasteiger partial charge on any atom is -0.347 e. The first-order valence-corrected chi connectivity index (χ1v) is 9.04. The van der Waals surface area contributed by atoms with Crippen molar-refractivity contribution in [2.24, 2.45) is 0 Å². The van der Waals surface area contributed by atoms with E-state index in [1.54, 1.807) is 37.4 Å². The number of hydrogen-bond acceptors (Lipinski definition) is 2. The molecule has 0 bridgehead atoms. The SMILES string of the molecule is C[NH+](CC(=O)NCc1cccc(Cl)c1)CC(=O)Nc1ccc(Cl)c(Cl)c1. The molecule has 2 aromatic rings. The average molecular weight is 416 g/mol. The van der Waals surface area contributed by atoms with E-state index in [4.69, 9.17) is 34.8 Å². The van der Waals surface area contributed by atoms with Crippen LogP contribution in [0.4, 0.5) is 5.69 Å². The Labute approximate surface area is 167 Å². The largest absolute Gasteiger partial charge is 0.347 e. The molecule has 8 heteroatoms. The van der Waals surface area contributed by atoms with Crippen LogP contribution in [0.5, 0.6) is 0 Å². The standard InChI is InChI=1S/C18H18Cl3N3O2/c1-24(10-17(25)22-9-12-3-2-4-13(19)7-12)11-18(26)23-14-5-6-15(20)16(21)8-14/h2-8H,9-11H2,1H3,(H,22,25)(H,23,26)/p+1. The van der Waals surface area contributed by atoms with Crippen molar-refractivity contribution >= 4 is 52.3 Å². The number of anilines is 1. The molecule has 0 saturated heterocycles. The van der Waals surface area contributed by atoms with Gasteiger partial charge in [-0.15, -0.1) is 0 Å². The number of nitrogens with one attached hydrogen (secondary N) is 3. The van der Waals surface area contributed by atoms with E-state index >= 15 is 0 Å². The molecule has 3 N–H and O–H groups in total. The van der Waals surface area contributed by atoms with Crippen LogP contribution in [0.3, 0.4) is 0 Å². The van der Waals surface area contributed by atoms with Crippen molar-refractivity contribution in [1.29, 1.82) is 0 Å². The zero-order valence-corrected chi connectivity index (χ0v) is 16.4. The quantitative estimate of drug-likeness (QED) is 0.650. The molecule has 1 atom stereocenters. The van der Waals surface area contributed by atoms with E-state index in [-0.39, 0.29) is 24.9 Å². The van der Waals surface area contributed by atoms with Crippen molar-refractivity contribution in [3.63, 3.8) is 0 Å². The Bertz CT molecular complexity index is 799. The second-order valence-corrected chi connectivity index (χ2v) is 7.15. The highest BCUT2D eigenvalue weighted by Gasteiger charge is 2.14. The fourth-order valence-electron chi connectivity index (χ4n) is 2.30. The smallest absolute Gasteiger partial charge is 0.279 e. The molecule has 0 radical (unpaired) electrons. The lowest BCUT2D eigenvalue weighted by molar-refractivity contribution is -0.862. The van der Waals surface area contributed by atoms with Gasteiger partial charge in [0.1, 0.15) is 0 Å². The van der Waals surface area contributed by atoms with E-state index < -0.39 is 0 Å². The lowest BCUT2D eigenvalue weighted by Crippen LogP contribution is -3.11. The summed E-state index contributed by atoms with van der Waals surface area (Å²) in [5, 5.41) is 6.95. The Balaban J connectivity index is 1.76. The summed E-state index contributed by atoms with van der Waals surface area (Å²) in [6.07, 6.45) is 0. The number of rotatable bonds is 7. The molecular formula is C18H19Cl3N3O2+. The van der Waals surface area contributed by atoms with Crippen LogP contribution in [0.25, 0.3) is 0 Å². The van der Waals surface area contributed by atoms with Crippen LogP contribution in [-0.4, -0.2) is 32.0 Å². The minimum absolute atomic E-state index is 0.144. The van der Waals surface area contributed by atoms with E-state index in [9.17, 15) is 9.59 Å². The van der Waals surface area contributed by atoms with Crippen LogP contribution >= 0.6 is 34.8 Å². The van der Waals surface area contributed by atoms with Crippen molar-refractivity contribution in [3.05, 3.63) is 63.1 Å². The molecule has 0 aliphatic rings. The highest BCUT2D eigenvalue weighted by molar-refractivity contribution is 6.42. The van der Waals surface area contributed by atoms with Gasteiger partial charge in [0, 0.05) is 17.3 Å². The van der Waals surface area contributed by atoms with Gasteiger partial charge in [0.05, 0.1) is 17.1 Å². The van der Waals surface area contributed by atoms with Crippen molar-refractivity contribution in [1.82, 2.24) is 5.32 Å². The maximum atomic E-state index is 12.1. The van der Waals surface area contributed by atoms with Gasteiger partial charge in [-0.2, -0.15) is 0 Å². The number of likely N-dealkylation sites (N-methyl/N-ethyl adjacent to an activating group) is 1. The molecule has 0 spiro atoms. The van der Waals surface area contributed by atoms with Crippen LogP contribution in [-0.2, 0) is 16.1 Å². The van der Waals surface area contributed by atoms with Crippen LogP contribution in [0.2, 0.25) is 15.1 Å². The average Bonchev–Trinajstić information content (AvgIpc) is 2.56. The van der Waals surface area contributed by atoms with Gasteiger partial charge in [-0.05, 0) is 35.9 Å². The van der Waals surface area contributed by atoms with E-state index in [1.807, 2.05) is 12.1 Å². The van der Waals surface area contributed by atoms with Crippen molar-refractivity contribution in [2.75, 3.05) is 25.5 Å². The summed E-state index contributed by atoms with van der Waals surface area (Å²) in [6, 6.07) is 12.1. The molecule has 2 amide bonds. The van der Waals surface area contributed by atoms with E-state index in [1.165, 1.54) is 0 Å². The molecule has 0 fully saturated rings. The monoisotopic (exact) mass is 414 g/mol. The molecule has 1 unspecified atom stereocenters. The lowest BCUT2D eigenvalue weighted by atomic mass is 10.2. The highest BCUT2D eigenvalue weighted by atomic mass is 35.5. The van der Waals surface area contributed by atoms with Crippen LogP contribution < -0.4 is 15.5 Å². The van der Waals surface area contributed by atoms with E-state index in [2.05, 4.69) is 10.6 Å². The van der Waals surface area contributed by atoms with Crippen LogP contribution in [0.15, 0.2) is 42.5 Å². The molecule has 0 aliphatic heterocycles. The number of amides is 2. The Hall–Kier alpha value is -1.79. The number of carbonyl (C=O) groups is 2. The number of hydrogen-bond donors (Lipinski definition) is 3. The number of halogens is 3. The molecule has 0 aliphatic carbocycles. The van der Waals surface area contributed by atoms with Crippen molar-refractivity contribution < 1.29 is 14.5 Å². The number of carbonyl (C=O) groups excluding carboxylic acids is 2. The third kappa shape index (κ3) is 6.84. The second-order valence-electron chi connectivity index (χ2n) is 5.89. The minimum atomic E-state index is -0.219. The summed E-state index contributed by atoms with van der Waals surface area (Å²) in [5.74, 6) is -0.367. The molecular weight excluding hydrogens is 397 g/mol. The van der Waals surface area contributed by atoms with Gasteiger partial charge in [-0.3, -0.25) is 9.59 Å². The molecule has 0 aromatic heterocycles. The topological polar surface area (TPSA) is 62.6 Å². The van der Waals surface area contributed by atoms with Gasteiger partial charge < -0.3 is 15.5 Å². The van der Waals surface area contributed by atoms with E-state index in [0.29, 0.717) is 27.3 Å². The normalized spacial score (nSPS) is 11.7. The maximum absolute atomic E-state index is 12.1. The zero-order chi connectivity index (χ0) is 19.1. The van der Waals surface area contributed by atoms with Gasteiger partial charge in [-0.1, -0.05) is 46.9 Å². The summed E-state index contributed by atoms with van der Waals surface area (Å²) in [6.45, 7) is 0.711. The van der Waals surface area contributed by atoms with Crippen molar-refractivity contribution in [2.45, 2.75) is 6.54 Å². The first-order chi connectivity index (χ1) is 12.3. The van der Waals surface area contributed by atoms with Crippen molar-refractivity contribution in [3.8, 4) is 0 Å². The predicted octanol–water partition coefficient (Wildman–Crippen LogP) is 2.42. The molecule has 5 nitrogen and oxygen atoms in total. The molecule has 0 heterocycles. The summed E-state index contributed by atoms with van der Waals surface area (Å²) >= 11 is 17.7. The predicted molar refractivity (Wildman–Crippen MR) is 105 cm³/mol. The Kier molecular flexibility index (Phi) is 7.72. The van der Waals surface area contributed by atoms with Gasteiger partial charge >= 0.3 is 0 Å². The summed E-state index contributed by atoms with van der Waals surface area (Å²) in [5.41, 5.74) is 1.48. The van der Waals surface area contributed by atoms with Gasteiger partial charge in [0.15, 0.2) is 13.1 Å². The first-order valence-electron chi connectivity index (χ1n) is 7.91. The zero-order valence-electron chi connectivity index (χ0n) is 14.1. The Morgan fingerprint density at radius 1 is 0.962 bits per heavy atom. The molecule has 138 valence electrons. The van der Waals surface area contributed by atoms with Gasteiger partial charge in [-0.25, -0.2) is 0 Å². The Morgan fingerprint density at radius 3 is 2.38 bits per heavy atom. The Morgan fingerprint density at radius 2 is 1.69 bits per heavy atom. The maximum Gasteiger partial charge on any atom is 0.279 e. The molecule has 26 heavy (non-hydrogen) atoms.